The van der Waals surface area contributed by atoms with Crippen LogP contribution >= 0.6 is 22.7 Å². The van der Waals surface area contributed by atoms with Gasteiger partial charge in [0.2, 0.25) is 0 Å². The van der Waals surface area contributed by atoms with Gasteiger partial charge in [-0.1, -0.05) is 6.92 Å². The quantitative estimate of drug-likeness (QED) is 0.702. The van der Waals surface area contributed by atoms with Crippen molar-refractivity contribution in [2.45, 2.75) is 13.3 Å². The largest absolute Gasteiger partial charge is 0.399 e. The first-order chi connectivity index (χ1) is 8.26. The van der Waals surface area contributed by atoms with E-state index in [0.717, 1.165) is 27.3 Å². The van der Waals surface area contributed by atoms with E-state index in [1.165, 1.54) is 9.75 Å². The Bertz CT molecular complexity index is 667. The Morgan fingerprint density at radius 1 is 1.18 bits per heavy atom. The molecule has 0 aliphatic heterocycles. The summed E-state index contributed by atoms with van der Waals surface area (Å²) in [6.45, 7) is 2.18. The fraction of sp³-hybridized carbons (Fsp3) is 0.154. The summed E-state index contributed by atoms with van der Waals surface area (Å²) in [6, 6.07) is 10.2. The zero-order valence-corrected chi connectivity index (χ0v) is 11.1. The Hall–Kier alpha value is -1.39. The van der Waals surface area contributed by atoms with Gasteiger partial charge in [0, 0.05) is 10.6 Å². The minimum absolute atomic E-state index is 0.799. The van der Waals surface area contributed by atoms with Gasteiger partial charge in [-0.15, -0.1) is 22.7 Å². The lowest BCUT2D eigenvalue weighted by Gasteiger charge is -1.89. The monoisotopic (exact) mass is 260 g/mol. The van der Waals surface area contributed by atoms with Crippen molar-refractivity contribution in [3.63, 3.8) is 0 Å². The van der Waals surface area contributed by atoms with Crippen molar-refractivity contribution >= 4 is 38.6 Å². The highest BCUT2D eigenvalue weighted by atomic mass is 32.1. The van der Waals surface area contributed by atoms with Crippen LogP contribution in [0.4, 0.5) is 5.69 Å². The molecule has 86 valence electrons. The molecule has 0 radical (unpaired) electrons. The molecule has 4 heteroatoms. The highest BCUT2D eigenvalue weighted by molar-refractivity contribution is 7.25. The Kier molecular flexibility index (Phi) is 2.61. The van der Waals surface area contributed by atoms with Crippen molar-refractivity contribution < 1.29 is 0 Å². The number of aromatic nitrogens is 1. The molecule has 0 amide bonds. The van der Waals surface area contributed by atoms with Crippen LogP contribution in [0, 0.1) is 0 Å². The minimum Gasteiger partial charge on any atom is -0.399 e. The van der Waals surface area contributed by atoms with Crippen LogP contribution in [0.5, 0.6) is 0 Å². The molecule has 0 aliphatic carbocycles. The van der Waals surface area contributed by atoms with Crippen molar-refractivity contribution in [3.05, 3.63) is 35.2 Å². The van der Waals surface area contributed by atoms with Gasteiger partial charge >= 0.3 is 0 Å². The lowest BCUT2D eigenvalue weighted by Crippen LogP contribution is -1.81. The second-order valence-corrected chi connectivity index (χ2v) is 6.06. The molecule has 2 N–H and O–H groups in total. The lowest BCUT2D eigenvalue weighted by molar-refractivity contribution is 1.19. The number of anilines is 1. The summed E-state index contributed by atoms with van der Waals surface area (Å²) in [5.74, 6) is 0. The van der Waals surface area contributed by atoms with E-state index < -0.39 is 0 Å². The van der Waals surface area contributed by atoms with Gasteiger partial charge < -0.3 is 5.73 Å². The number of rotatable bonds is 2. The lowest BCUT2D eigenvalue weighted by atomic mass is 10.3. The summed E-state index contributed by atoms with van der Waals surface area (Å²) in [6.07, 6.45) is 1.09. The second-order valence-electron chi connectivity index (χ2n) is 3.87. The predicted molar refractivity (Wildman–Crippen MR) is 76.7 cm³/mol. The van der Waals surface area contributed by atoms with Crippen LogP contribution in [0.25, 0.3) is 20.1 Å². The Morgan fingerprint density at radius 2 is 2.06 bits per heavy atom. The fourth-order valence-electron chi connectivity index (χ4n) is 1.73. The van der Waals surface area contributed by atoms with E-state index in [2.05, 4.69) is 24.0 Å². The molecule has 0 aliphatic rings. The summed E-state index contributed by atoms with van der Waals surface area (Å²) in [5.41, 5.74) is 7.61. The van der Waals surface area contributed by atoms with Crippen LogP contribution in [-0.2, 0) is 6.42 Å². The van der Waals surface area contributed by atoms with E-state index in [4.69, 9.17) is 5.73 Å². The molecule has 3 rings (SSSR count). The van der Waals surface area contributed by atoms with Gasteiger partial charge in [0.25, 0.3) is 0 Å². The van der Waals surface area contributed by atoms with Gasteiger partial charge in [0.15, 0.2) is 0 Å². The van der Waals surface area contributed by atoms with Crippen molar-refractivity contribution in [1.29, 1.82) is 0 Å². The van der Waals surface area contributed by atoms with E-state index in [0.29, 0.717) is 0 Å². The zero-order valence-electron chi connectivity index (χ0n) is 9.43. The van der Waals surface area contributed by atoms with E-state index in [9.17, 15) is 0 Å². The summed E-state index contributed by atoms with van der Waals surface area (Å²) < 4.78 is 1.16. The summed E-state index contributed by atoms with van der Waals surface area (Å²) in [5, 5.41) is 1.09. The Morgan fingerprint density at radius 3 is 2.82 bits per heavy atom. The molecule has 0 atom stereocenters. The molecule has 1 aromatic carbocycles. The standard InChI is InChI=1S/C13H12N2S2/c1-2-9-4-6-11(16-9)13-15-10-5-3-8(14)7-12(10)17-13/h3-7H,2,14H2,1H3. The smallest absolute Gasteiger partial charge is 0.134 e. The van der Waals surface area contributed by atoms with Gasteiger partial charge in [0.05, 0.1) is 15.1 Å². The van der Waals surface area contributed by atoms with E-state index in [1.807, 2.05) is 29.5 Å². The third kappa shape index (κ3) is 1.94. The van der Waals surface area contributed by atoms with Gasteiger partial charge in [-0.25, -0.2) is 4.98 Å². The van der Waals surface area contributed by atoms with Crippen LogP contribution in [0.3, 0.4) is 0 Å². The third-order valence-corrected chi connectivity index (χ3v) is 5.05. The highest BCUT2D eigenvalue weighted by Crippen LogP contribution is 2.35. The molecule has 0 bridgehead atoms. The maximum absolute atomic E-state index is 5.78. The first-order valence-corrected chi connectivity index (χ1v) is 7.14. The topological polar surface area (TPSA) is 38.9 Å². The molecule has 0 fully saturated rings. The molecular formula is C13H12N2S2. The maximum Gasteiger partial charge on any atom is 0.134 e. The van der Waals surface area contributed by atoms with Gasteiger partial charge in [-0.05, 0) is 36.8 Å². The Labute approximate surface area is 108 Å². The molecule has 2 aromatic heterocycles. The van der Waals surface area contributed by atoms with Crippen molar-refractivity contribution in [2.24, 2.45) is 0 Å². The molecule has 0 spiro atoms. The molecule has 3 aromatic rings. The molecule has 0 unspecified atom stereocenters. The number of hydrogen-bond donors (Lipinski definition) is 1. The SMILES string of the molecule is CCc1ccc(-c2nc3ccc(N)cc3s2)s1. The summed E-state index contributed by atoms with van der Waals surface area (Å²) in [4.78, 5) is 7.30. The van der Waals surface area contributed by atoms with Crippen LogP contribution in [-0.4, -0.2) is 4.98 Å². The number of hydrogen-bond acceptors (Lipinski definition) is 4. The molecular weight excluding hydrogens is 248 g/mol. The first kappa shape index (κ1) is 10.7. The van der Waals surface area contributed by atoms with Gasteiger partial charge in [-0.3, -0.25) is 0 Å². The van der Waals surface area contributed by atoms with Crippen LogP contribution in [0.2, 0.25) is 0 Å². The number of thiophene rings is 1. The third-order valence-electron chi connectivity index (χ3n) is 2.63. The van der Waals surface area contributed by atoms with Gasteiger partial charge in [-0.2, -0.15) is 0 Å². The first-order valence-electron chi connectivity index (χ1n) is 5.51. The molecule has 0 saturated heterocycles. The number of nitrogens with zero attached hydrogens (tertiary/aromatic N) is 1. The van der Waals surface area contributed by atoms with Crippen molar-refractivity contribution in [3.8, 4) is 9.88 Å². The average Bonchev–Trinajstić information content (AvgIpc) is 2.93. The van der Waals surface area contributed by atoms with Crippen LogP contribution in [0.15, 0.2) is 30.3 Å². The van der Waals surface area contributed by atoms with Crippen molar-refractivity contribution in [1.82, 2.24) is 4.98 Å². The van der Waals surface area contributed by atoms with E-state index in [1.54, 1.807) is 11.3 Å². The summed E-state index contributed by atoms with van der Waals surface area (Å²) in [7, 11) is 0. The molecule has 17 heavy (non-hydrogen) atoms. The van der Waals surface area contributed by atoms with Crippen LogP contribution in [0.1, 0.15) is 11.8 Å². The number of fused-ring (bicyclic) bond motifs is 1. The van der Waals surface area contributed by atoms with E-state index >= 15 is 0 Å². The Balaban J connectivity index is 2.11. The molecule has 2 nitrogen and oxygen atoms in total. The highest BCUT2D eigenvalue weighted by Gasteiger charge is 2.08. The number of thiazole rings is 1. The zero-order chi connectivity index (χ0) is 11.8. The predicted octanol–water partition coefficient (Wildman–Crippen LogP) is 4.17. The fourth-order valence-corrected chi connectivity index (χ4v) is 3.75. The molecule has 2 heterocycles. The molecule has 0 saturated carbocycles. The number of aryl methyl sites for hydroxylation is 1. The van der Waals surface area contributed by atoms with Gasteiger partial charge in [0.1, 0.15) is 5.01 Å². The summed E-state index contributed by atoms with van der Waals surface area (Å²) >= 11 is 3.53. The number of nitrogen functional groups attached to an aromatic ring is 1. The normalized spacial score (nSPS) is 11.1. The maximum atomic E-state index is 5.78. The minimum atomic E-state index is 0.799. The second kappa shape index (κ2) is 4.13. The van der Waals surface area contributed by atoms with E-state index in [-0.39, 0.29) is 0 Å². The number of nitrogens with two attached hydrogens (primary N) is 1. The van der Waals surface area contributed by atoms with Crippen molar-refractivity contribution in [2.75, 3.05) is 5.73 Å². The number of benzene rings is 1. The van der Waals surface area contributed by atoms with Crippen LogP contribution < -0.4 is 5.73 Å². The average molecular weight is 260 g/mol.